The number of aromatic nitrogens is 2. The summed E-state index contributed by atoms with van der Waals surface area (Å²) >= 11 is 0. The van der Waals surface area contributed by atoms with E-state index in [0.717, 1.165) is 75.1 Å². The first-order valence-electron chi connectivity index (χ1n) is 10.2. The average molecular weight is 383 g/mol. The summed E-state index contributed by atoms with van der Waals surface area (Å²) in [5, 5.41) is 0. The molecule has 0 bridgehead atoms. The largest absolute Gasteiger partial charge is 0.486 e. The van der Waals surface area contributed by atoms with Gasteiger partial charge in [-0.2, -0.15) is 4.98 Å². The third kappa shape index (κ3) is 4.47. The Bertz CT molecular complexity index is 792. The molecule has 0 radical (unpaired) electrons. The first-order chi connectivity index (χ1) is 13.7. The summed E-state index contributed by atoms with van der Waals surface area (Å²) in [4.78, 5) is 13.8. The van der Waals surface area contributed by atoms with Gasteiger partial charge in [0.2, 0.25) is 5.95 Å². The number of anilines is 2. The first-order valence-corrected chi connectivity index (χ1v) is 10.2. The smallest absolute Gasteiger partial charge is 0.227 e. The van der Waals surface area contributed by atoms with Crippen LogP contribution < -0.4 is 20.1 Å². The molecule has 7 nitrogen and oxygen atoms in total. The van der Waals surface area contributed by atoms with E-state index >= 15 is 0 Å². The number of hydrogen-bond donors (Lipinski definition) is 1. The molecular formula is C21H29N5O2. The molecule has 2 aliphatic rings. The van der Waals surface area contributed by atoms with Crippen molar-refractivity contribution in [3.05, 3.63) is 36.0 Å². The molecule has 1 aromatic heterocycles. The Balaban J connectivity index is 1.31. The molecule has 150 valence electrons. The monoisotopic (exact) mass is 383 g/mol. The van der Waals surface area contributed by atoms with Gasteiger partial charge in [-0.15, -0.1) is 0 Å². The minimum Gasteiger partial charge on any atom is -0.486 e. The molecular weight excluding hydrogens is 354 g/mol. The fourth-order valence-corrected chi connectivity index (χ4v) is 3.70. The normalized spacial score (nSPS) is 19.6. The summed E-state index contributed by atoms with van der Waals surface area (Å²) in [6.45, 7) is 7.32. The molecule has 28 heavy (non-hydrogen) atoms. The lowest BCUT2D eigenvalue weighted by Gasteiger charge is -2.37. The summed E-state index contributed by atoms with van der Waals surface area (Å²) in [7, 11) is 0. The van der Waals surface area contributed by atoms with Gasteiger partial charge >= 0.3 is 0 Å². The highest BCUT2D eigenvalue weighted by molar-refractivity contribution is 5.42. The molecule has 1 saturated heterocycles. The molecule has 0 aliphatic carbocycles. The van der Waals surface area contributed by atoms with Crippen molar-refractivity contribution in [3.8, 4) is 11.5 Å². The van der Waals surface area contributed by atoms with Crippen LogP contribution in [0.3, 0.4) is 0 Å². The number of hydrogen-bond acceptors (Lipinski definition) is 7. The number of aryl methyl sites for hydroxylation is 1. The maximum atomic E-state index is 6.09. The van der Waals surface area contributed by atoms with Crippen molar-refractivity contribution in [2.24, 2.45) is 0 Å². The highest BCUT2D eigenvalue weighted by atomic mass is 16.6. The second kappa shape index (κ2) is 8.65. The van der Waals surface area contributed by atoms with Crippen molar-refractivity contribution in [1.29, 1.82) is 0 Å². The summed E-state index contributed by atoms with van der Waals surface area (Å²) in [5.74, 6) is 2.99. The van der Waals surface area contributed by atoms with Crippen LogP contribution in [0.5, 0.6) is 11.5 Å². The number of para-hydroxylation sites is 2. The number of unbranched alkanes of at least 4 members (excludes halogenated alkanes) is 1. The molecule has 3 heterocycles. The number of nitrogen functional groups attached to an aromatic ring is 1. The fourth-order valence-electron chi connectivity index (χ4n) is 3.70. The number of nitrogens with zero attached hydrogens (tertiary/aromatic N) is 4. The van der Waals surface area contributed by atoms with Crippen LogP contribution in [0.15, 0.2) is 30.3 Å². The van der Waals surface area contributed by atoms with Crippen molar-refractivity contribution < 1.29 is 9.47 Å². The molecule has 2 aliphatic heterocycles. The third-order valence-electron chi connectivity index (χ3n) is 5.26. The Labute approximate surface area is 166 Å². The van der Waals surface area contributed by atoms with E-state index in [0.29, 0.717) is 12.4 Å². The Kier molecular flexibility index (Phi) is 5.81. The third-order valence-corrected chi connectivity index (χ3v) is 5.26. The van der Waals surface area contributed by atoms with Crippen LogP contribution in [0.1, 0.15) is 25.5 Å². The second-order valence-electron chi connectivity index (χ2n) is 7.47. The van der Waals surface area contributed by atoms with Crippen LogP contribution in [0.25, 0.3) is 0 Å². The van der Waals surface area contributed by atoms with E-state index in [-0.39, 0.29) is 6.10 Å². The lowest BCUT2D eigenvalue weighted by molar-refractivity contribution is 0.0570. The van der Waals surface area contributed by atoms with Gasteiger partial charge in [0.15, 0.2) is 11.5 Å². The molecule has 1 fully saturated rings. The topological polar surface area (TPSA) is 76.7 Å². The van der Waals surface area contributed by atoms with Gasteiger partial charge < -0.3 is 20.1 Å². The van der Waals surface area contributed by atoms with E-state index < -0.39 is 0 Å². The predicted octanol–water partition coefficient (Wildman–Crippen LogP) is 2.36. The molecule has 0 amide bonds. The molecule has 4 rings (SSSR count). The highest BCUT2D eigenvalue weighted by Gasteiger charge is 2.26. The molecule has 0 saturated carbocycles. The predicted molar refractivity (Wildman–Crippen MR) is 110 cm³/mol. The van der Waals surface area contributed by atoms with Gasteiger partial charge in [0.05, 0.1) is 0 Å². The van der Waals surface area contributed by atoms with Crippen LogP contribution in [0.2, 0.25) is 0 Å². The standard InChI is InChI=1S/C21H29N5O2/c1-2-3-6-16-13-20(22)24-21(23-16)26-11-9-25(10-12-26)14-17-15-27-18-7-4-5-8-19(18)28-17/h4-5,7-8,13,17H,2-3,6,9-12,14-15H2,1H3,(H2,22,23,24). The Morgan fingerprint density at radius 2 is 1.89 bits per heavy atom. The number of fused-ring (bicyclic) bond motifs is 1. The summed E-state index contributed by atoms with van der Waals surface area (Å²) < 4.78 is 11.9. The fraction of sp³-hybridized carbons (Fsp3) is 0.524. The molecule has 1 aromatic carbocycles. The Morgan fingerprint density at radius 3 is 2.68 bits per heavy atom. The Hall–Kier alpha value is -2.54. The van der Waals surface area contributed by atoms with E-state index in [1.54, 1.807) is 0 Å². The van der Waals surface area contributed by atoms with Crippen molar-refractivity contribution in [2.75, 3.05) is 50.0 Å². The number of benzene rings is 1. The average Bonchev–Trinajstić information content (AvgIpc) is 2.72. The zero-order chi connectivity index (χ0) is 19.3. The molecule has 1 unspecified atom stereocenters. The zero-order valence-electron chi connectivity index (χ0n) is 16.5. The minimum absolute atomic E-state index is 0.0608. The van der Waals surface area contributed by atoms with E-state index in [1.165, 1.54) is 0 Å². The van der Waals surface area contributed by atoms with E-state index in [2.05, 4.69) is 21.7 Å². The maximum Gasteiger partial charge on any atom is 0.227 e. The number of nitrogens with two attached hydrogens (primary N) is 1. The van der Waals surface area contributed by atoms with Crippen LogP contribution in [-0.4, -0.2) is 60.3 Å². The van der Waals surface area contributed by atoms with Crippen molar-refractivity contribution >= 4 is 11.8 Å². The van der Waals surface area contributed by atoms with Crippen LogP contribution in [0.4, 0.5) is 11.8 Å². The van der Waals surface area contributed by atoms with Gasteiger partial charge in [-0.25, -0.2) is 4.98 Å². The summed E-state index contributed by atoms with van der Waals surface area (Å²) in [6, 6.07) is 9.75. The number of ether oxygens (including phenoxy) is 2. The number of piperazine rings is 1. The Morgan fingerprint density at radius 1 is 1.11 bits per heavy atom. The van der Waals surface area contributed by atoms with Gasteiger partial charge in [0.25, 0.3) is 0 Å². The molecule has 2 aromatic rings. The second-order valence-corrected chi connectivity index (χ2v) is 7.47. The maximum absolute atomic E-state index is 6.09. The van der Waals surface area contributed by atoms with Crippen LogP contribution in [0, 0.1) is 0 Å². The van der Waals surface area contributed by atoms with Gasteiger partial charge in [-0.3, -0.25) is 4.90 Å². The molecule has 2 N–H and O–H groups in total. The van der Waals surface area contributed by atoms with Crippen molar-refractivity contribution in [3.63, 3.8) is 0 Å². The van der Waals surface area contributed by atoms with Crippen LogP contribution >= 0.6 is 0 Å². The minimum atomic E-state index is 0.0608. The van der Waals surface area contributed by atoms with Gasteiger partial charge in [0, 0.05) is 44.5 Å². The lowest BCUT2D eigenvalue weighted by atomic mass is 10.2. The zero-order valence-corrected chi connectivity index (χ0v) is 16.5. The SMILES string of the molecule is CCCCc1cc(N)nc(N2CCN(CC3COc4ccccc4O3)CC2)n1. The van der Waals surface area contributed by atoms with Gasteiger partial charge in [-0.05, 0) is 25.0 Å². The quantitative estimate of drug-likeness (QED) is 0.820. The van der Waals surface area contributed by atoms with Gasteiger partial charge in [-0.1, -0.05) is 25.5 Å². The number of rotatable bonds is 6. The first kappa shape index (κ1) is 18.8. The van der Waals surface area contributed by atoms with Crippen LogP contribution in [-0.2, 0) is 6.42 Å². The highest BCUT2D eigenvalue weighted by Crippen LogP contribution is 2.31. The van der Waals surface area contributed by atoms with E-state index in [4.69, 9.17) is 20.2 Å². The summed E-state index contributed by atoms with van der Waals surface area (Å²) in [5.41, 5.74) is 7.05. The van der Waals surface area contributed by atoms with Crippen molar-refractivity contribution in [2.45, 2.75) is 32.3 Å². The summed E-state index contributed by atoms with van der Waals surface area (Å²) in [6.07, 6.45) is 3.29. The lowest BCUT2D eigenvalue weighted by Crippen LogP contribution is -2.51. The molecule has 0 spiro atoms. The molecule has 7 heteroatoms. The molecule has 1 atom stereocenters. The van der Waals surface area contributed by atoms with E-state index in [9.17, 15) is 0 Å². The van der Waals surface area contributed by atoms with Gasteiger partial charge in [0.1, 0.15) is 18.5 Å². The van der Waals surface area contributed by atoms with Crippen molar-refractivity contribution in [1.82, 2.24) is 14.9 Å². The van der Waals surface area contributed by atoms with E-state index in [1.807, 2.05) is 30.3 Å².